The Labute approximate surface area is 208 Å². The first-order valence-corrected chi connectivity index (χ1v) is 11.5. The van der Waals surface area contributed by atoms with E-state index in [-0.39, 0.29) is 23.6 Å². The molecule has 1 aliphatic heterocycles. The fraction of sp³-hybridized carbons (Fsp3) is 0.280. The van der Waals surface area contributed by atoms with Crippen molar-refractivity contribution >= 4 is 46.3 Å². The molecule has 3 aromatic rings. The first-order chi connectivity index (χ1) is 17.3. The number of methoxy groups -OCH3 is 1. The zero-order valence-corrected chi connectivity index (χ0v) is 20.3. The van der Waals surface area contributed by atoms with E-state index in [2.05, 4.69) is 30.8 Å². The molecule has 0 unspecified atom stereocenters. The van der Waals surface area contributed by atoms with E-state index in [1.807, 2.05) is 23.1 Å². The molecule has 0 bridgehead atoms. The van der Waals surface area contributed by atoms with E-state index in [4.69, 9.17) is 4.74 Å². The van der Waals surface area contributed by atoms with Crippen molar-refractivity contribution < 1.29 is 18.7 Å². The summed E-state index contributed by atoms with van der Waals surface area (Å²) in [4.78, 5) is 35.4. The van der Waals surface area contributed by atoms with Crippen molar-refractivity contribution in [1.82, 2.24) is 14.9 Å². The highest BCUT2D eigenvalue weighted by molar-refractivity contribution is 5.93. The van der Waals surface area contributed by atoms with Gasteiger partial charge in [0.1, 0.15) is 5.75 Å². The second-order valence-corrected chi connectivity index (χ2v) is 8.24. The van der Waals surface area contributed by atoms with E-state index >= 15 is 0 Å². The lowest BCUT2D eigenvalue weighted by atomic mass is 10.2. The Hall–Kier alpha value is -4.41. The van der Waals surface area contributed by atoms with Crippen molar-refractivity contribution in [3.63, 3.8) is 0 Å². The molecule has 0 atom stereocenters. The zero-order chi connectivity index (χ0) is 25.7. The van der Waals surface area contributed by atoms with Gasteiger partial charge in [-0.15, -0.1) is 0 Å². The van der Waals surface area contributed by atoms with E-state index in [1.165, 1.54) is 6.92 Å². The van der Waals surface area contributed by atoms with Gasteiger partial charge in [-0.3, -0.25) is 9.59 Å². The van der Waals surface area contributed by atoms with Gasteiger partial charge < -0.3 is 30.5 Å². The third-order valence-corrected chi connectivity index (χ3v) is 5.76. The predicted molar refractivity (Wildman–Crippen MR) is 137 cm³/mol. The van der Waals surface area contributed by atoms with Crippen molar-refractivity contribution in [2.24, 2.45) is 0 Å². The highest BCUT2D eigenvalue weighted by Crippen LogP contribution is 2.32. The summed E-state index contributed by atoms with van der Waals surface area (Å²) in [7, 11) is 1.56. The van der Waals surface area contributed by atoms with Gasteiger partial charge in [0, 0.05) is 51.8 Å². The van der Waals surface area contributed by atoms with Gasteiger partial charge in [0.15, 0.2) is 11.6 Å². The third kappa shape index (κ3) is 5.80. The Bertz CT molecular complexity index is 1260. The summed E-state index contributed by atoms with van der Waals surface area (Å²) in [6.07, 6.45) is 1.06. The molecule has 1 aromatic heterocycles. The lowest BCUT2D eigenvalue weighted by Gasteiger charge is -2.35. The van der Waals surface area contributed by atoms with Crippen LogP contribution in [0.2, 0.25) is 0 Å². The maximum absolute atomic E-state index is 14.5. The van der Waals surface area contributed by atoms with Gasteiger partial charge in [-0.1, -0.05) is 12.1 Å². The second-order valence-electron chi connectivity index (χ2n) is 8.24. The standard InChI is InChI=1S/C25H28FN7O3/c1-16(34)28-20-6-4-5-7-21(20)29-24-19(26)15-27-25(31-24)30-22-9-8-18(14-23(22)36-3)33-12-10-32(11-13-33)17(2)35/h4-9,14-15H,10-13H2,1-3H3,(H,28,34)(H2,27,29,30,31). The highest BCUT2D eigenvalue weighted by Gasteiger charge is 2.20. The van der Waals surface area contributed by atoms with Gasteiger partial charge >= 0.3 is 0 Å². The molecule has 2 amide bonds. The van der Waals surface area contributed by atoms with E-state index in [1.54, 1.807) is 38.3 Å². The fourth-order valence-corrected chi connectivity index (χ4v) is 3.91. The number of rotatable bonds is 7. The number of halogens is 1. The second kappa shape index (κ2) is 10.9. The average Bonchev–Trinajstić information content (AvgIpc) is 2.87. The summed E-state index contributed by atoms with van der Waals surface area (Å²) in [5, 5.41) is 8.70. The number of amides is 2. The van der Waals surface area contributed by atoms with Crippen LogP contribution >= 0.6 is 0 Å². The smallest absolute Gasteiger partial charge is 0.229 e. The van der Waals surface area contributed by atoms with E-state index in [0.29, 0.717) is 35.9 Å². The number of hydrogen-bond acceptors (Lipinski definition) is 8. The Morgan fingerprint density at radius 2 is 1.69 bits per heavy atom. The summed E-state index contributed by atoms with van der Waals surface area (Å²) in [5.74, 6) is -0.129. The van der Waals surface area contributed by atoms with Crippen molar-refractivity contribution in [3.05, 3.63) is 54.5 Å². The number of carbonyl (C=O) groups is 2. The third-order valence-electron chi connectivity index (χ3n) is 5.76. The van der Waals surface area contributed by atoms with Crippen LogP contribution in [0.3, 0.4) is 0 Å². The van der Waals surface area contributed by atoms with Crippen molar-refractivity contribution in [1.29, 1.82) is 0 Å². The summed E-state index contributed by atoms with van der Waals surface area (Å²) in [6.45, 7) is 5.77. The number of nitrogens with zero attached hydrogens (tertiary/aromatic N) is 4. The molecule has 10 nitrogen and oxygen atoms in total. The molecular weight excluding hydrogens is 465 g/mol. The topological polar surface area (TPSA) is 112 Å². The molecule has 1 fully saturated rings. The first kappa shape index (κ1) is 24.7. The van der Waals surface area contributed by atoms with Crippen LogP contribution in [-0.4, -0.2) is 60.0 Å². The fourth-order valence-electron chi connectivity index (χ4n) is 3.91. The molecule has 2 aromatic carbocycles. The molecule has 36 heavy (non-hydrogen) atoms. The molecule has 4 rings (SSSR count). The van der Waals surface area contributed by atoms with Crippen LogP contribution in [0.25, 0.3) is 0 Å². The summed E-state index contributed by atoms with van der Waals surface area (Å²) < 4.78 is 20.1. The van der Waals surface area contributed by atoms with Crippen LogP contribution in [0.1, 0.15) is 13.8 Å². The molecule has 0 radical (unpaired) electrons. The number of hydrogen-bond donors (Lipinski definition) is 3. The largest absolute Gasteiger partial charge is 0.494 e. The number of nitrogens with one attached hydrogen (secondary N) is 3. The molecule has 1 saturated heterocycles. The Morgan fingerprint density at radius 1 is 0.972 bits per heavy atom. The van der Waals surface area contributed by atoms with Crippen LogP contribution in [0.5, 0.6) is 5.75 Å². The van der Waals surface area contributed by atoms with E-state index < -0.39 is 5.82 Å². The number of benzene rings is 2. The van der Waals surface area contributed by atoms with Crippen LogP contribution in [0.4, 0.5) is 38.9 Å². The monoisotopic (exact) mass is 493 g/mol. The molecule has 188 valence electrons. The van der Waals surface area contributed by atoms with Crippen LogP contribution in [-0.2, 0) is 9.59 Å². The number of piperazine rings is 1. The number of para-hydroxylation sites is 2. The lowest BCUT2D eigenvalue weighted by Crippen LogP contribution is -2.48. The van der Waals surface area contributed by atoms with Gasteiger partial charge in [0.2, 0.25) is 17.8 Å². The number of aromatic nitrogens is 2. The van der Waals surface area contributed by atoms with Gasteiger partial charge in [-0.25, -0.2) is 9.37 Å². The minimum absolute atomic E-state index is 0.0516. The quantitative estimate of drug-likeness (QED) is 0.457. The van der Waals surface area contributed by atoms with Gasteiger partial charge in [0.25, 0.3) is 0 Å². The normalized spacial score (nSPS) is 13.2. The highest BCUT2D eigenvalue weighted by atomic mass is 19.1. The molecule has 11 heteroatoms. The molecular formula is C25H28FN7O3. The summed E-state index contributed by atoms with van der Waals surface area (Å²) >= 11 is 0. The lowest BCUT2D eigenvalue weighted by molar-refractivity contribution is -0.129. The first-order valence-electron chi connectivity index (χ1n) is 11.5. The molecule has 2 heterocycles. The van der Waals surface area contributed by atoms with Gasteiger partial charge in [-0.05, 0) is 24.3 Å². The maximum Gasteiger partial charge on any atom is 0.229 e. The van der Waals surface area contributed by atoms with Gasteiger partial charge in [-0.2, -0.15) is 4.98 Å². The van der Waals surface area contributed by atoms with Crippen LogP contribution in [0, 0.1) is 5.82 Å². The minimum Gasteiger partial charge on any atom is -0.494 e. The molecule has 0 spiro atoms. The number of anilines is 6. The average molecular weight is 494 g/mol. The van der Waals surface area contributed by atoms with E-state index in [0.717, 1.165) is 25.0 Å². The van der Waals surface area contributed by atoms with Crippen molar-refractivity contribution in [3.8, 4) is 5.75 Å². The zero-order valence-electron chi connectivity index (χ0n) is 20.3. The number of ether oxygens (including phenoxy) is 1. The van der Waals surface area contributed by atoms with Crippen molar-refractivity contribution in [2.45, 2.75) is 13.8 Å². The minimum atomic E-state index is -0.648. The van der Waals surface area contributed by atoms with Gasteiger partial charge in [0.05, 0.1) is 30.4 Å². The summed E-state index contributed by atoms with van der Waals surface area (Å²) in [5.41, 5.74) is 2.57. The molecule has 1 aliphatic rings. The van der Waals surface area contributed by atoms with E-state index in [9.17, 15) is 14.0 Å². The van der Waals surface area contributed by atoms with Crippen LogP contribution < -0.4 is 25.6 Å². The Morgan fingerprint density at radius 3 is 2.36 bits per heavy atom. The SMILES string of the molecule is COc1cc(N2CCN(C(C)=O)CC2)ccc1Nc1ncc(F)c(Nc2ccccc2NC(C)=O)n1. The van der Waals surface area contributed by atoms with Crippen molar-refractivity contribution in [2.75, 3.05) is 54.1 Å². The predicted octanol–water partition coefficient (Wildman–Crippen LogP) is 3.74. The summed E-state index contributed by atoms with van der Waals surface area (Å²) in [6, 6.07) is 12.6. The molecule has 0 saturated carbocycles. The maximum atomic E-state index is 14.5. The molecule has 3 N–H and O–H groups in total. The van der Waals surface area contributed by atoms with Crippen LogP contribution in [0.15, 0.2) is 48.7 Å². The Balaban J connectivity index is 1.51. The molecule has 0 aliphatic carbocycles. The Kier molecular flexibility index (Phi) is 7.47. The number of carbonyl (C=O) groups excluding carboxylic acids is 2.